The van der Waals surface area contributed by atoms with Crippen LogP contribution in [0.3, 0.4) is 0 Å². The number of carboxylic acid groups (broad SMARTS) is 1. The van der Waals surface area contributed by atoms with Crippen LogP contribution in [0.4, 0.5) is 15.8 Å². The van der Waals surface area contributed by atoms with E-state index >= 15 is 0 Å². The van der Waals surface area contributed by atoms with Gasteiger partial charge in [-0.1, -0.05) is 12.2 Å². The summed E-state index contributed by atoms with van der Waals surface area (Å²) in [6.45, 7) is 0. The molecule has 1 aromatic carbocycles. The molecule has 0 aliphatic heterocycles. The normalized spacial score (nSPS) is 10.6. The minimum Gasteiger partial charge on any atom is -0.481 e. The van der Waals surface area contributed by atoms with Gasteiger partial charge in [-0.15, -0.1) is 0 Å². The highest BCUT2D eigenvalue weighted by molar-refractivity contribution is 5.71. The van der Waals surface area contributed by atoms with E-state index < -0.39 is 22.4 Å². The molecule has 0 heterocycles. The molecule has 6 nitrogen and oxygen atoms in total. The maximum absolute atomic E-state index is 13.3. The summed E-state index contributed by atoms with van der Waals surface area (Å²) in [5, 5.41) is 18.9. The fourth-order valence-electron chi connectivity index (χ4n) is 1.17. The summed E-state index contributed by atoms with van der Waals surface area (Å²) >= 11 is 0. The molecule has 1 rings (SSSR count). The molecule has 0 atom stereocenters. The van der Waals surface area contributed by atoms with E-state index in [1.807, 2.05) is 0 Å². The van der Waals surface area contributed by atoms with E-state index in [9.17, 15) is 19.3 Å². The molecule has 0 saturated carbocycles. The van der Waals surface area contributed by atoms with Crippen LogP contribution >= 0.6 is 0 Å². The van der Waals surface area contributed by atoms with Crippen molar-refractivity contribution in [2.45, 2.75) is 6.42 Å². The van der Waals surface area contributed by atoms with Crippen LogP contribution in [0.15, 0.2) is 18.2 Å². The van der Waals surface area contributed by atoms with Gasteiger partial charge in [0.2, 0.25) is 0 Å². The number of carbonyl (C=O) groups is 1. The molecule has 0 saturated heterocycles. The first-order valence-electron chi connectivity index (χ1n) is 4.53. The van der Waals surface area contributed by atoms with Crippen LogP contribution in [0.1, 0.15) is 12.0 Å². The minimum atomic E-state index is -1.08. The molecule has 90 valence electrons. The predicted molar refractivity (Wildman–Crippen MR) is 58.8 cm³/mol. The minimum absolute atomic E-state index is 0.0767. The summed E-state index contributed by atoms with van der Waals surface area (Å²) in [5.74, 6) is -1.82. The van der Waals surface area contributed by atoms with Gasteiger partial charge in [-0.2, -0.15) is 0 Å². The third-order valence-electron chi connectivity index (χ3n) is 1.93. The number of benzene rings is 1. The van der Waals surface area contributed by atoms with Gasteiger partial charge in [-0.3, -0.25) is 14.9 Å². The average molecular weight is 240 g/mol. The number of nitrogens with zero attached hydrogens (tertiary/aromatic N) is 1. The topological polar surface area (TPSA) is 106 Å². The van der Waals surface area contributed by atoms with Crippen molar-refractivity contribution in [3.63, 3.8) is 0 Å². The number of nitro benzene ring substituents is 1. The second kappa shape index (κ2) is 5.06. The van der Waals surface area contributed by atoms with Gasteiger partial charge in [0.05, 0.1) is 11.3 Å². The monoisotopic (exact) mass is 240 g/mol. The second-order valence-electron chi connectivity index (χ2n) is 3.19. The van der Waals surface area contributed by atoms with Gasteiger partial charge in [0, 0.05) is 17.7 Å². The van der Waals surface area contributed by atoms with Crippen LogP contribution in [0.5, 0.6) is 0 Å². The van der Waals surface area contributed by atoms with Crippen LogP contribution < -0.4 is 5.73 Å². The van der Waals surface area contributed by atoms with Gasteiger partial charge in [-0.25, -0.2) is 4.39 Å². The molecule has 0 aliphatic rings. The lowest BCUT2D eigenvalue weighted by molar-refractivity contribution is -0.384. The van der Waals surface area contributed by atoms with Crippen LogP contribution in [0, 0.1) is 15.9 Å². The Kier molecular flexibility index (Phi) is 3.76. The van der Waals surface area contributed by atoms with E-state index in [2.05, 4.69) is 0 Å². The summed E-state index contributed by atoms with van der Waals surface area (Å²) in [7, 11) is 0. The van der Waals surface area contributed by atoms with Crippen molar-refractivity contribution in [3.05, 3.63) is 39.7 Å². The van der Waals surface area contributed by atoms with Crippen molar-refractivity contribution in [1.82, 2.24) is 0 Å². The van der Waals surface area contributed by atoms with E-state index in [1.165, 1.54) is 6.08 Å². The number of hydrogen-bond acceptors (Lipinski definition) is 4. The summed E-state index contributed by atoms with van der Waals surface area (Å²) in [6, 6.07) is 1.79. The first-order valence-corrected chi connectivity index (χ1v) is 4.53. The number of aliphatic carboxylic acids is 1. The molecule has 0 amide bonds. The molecule has 17 heavy (non-hydrogen) atoms. The molecule has 0 aromatic heterocycles. The zero-order chi connectivity index (χ0) is 13.0. The molecule has 7 heteroatoms. The molecular weight excluding hydrogens is 231 g/mol. The van der Waals surface area contributed by atoms with Gasteiger partial charge in [0.25, 0.3) is 5.69 Å². The third kappa shape index (κ3) is 3.26. The Labute approximate surface area is 95.3 Å². The van der Waals surface area contributed by atoms with Gasteiger partial charge in [0.1, 0.15) is 11.5 Å². The summed E-state index contributed by atoms with van der Waals surface area (Å²) < 4.78 is 13.3. The number of hydrogen-bond donors (Lipinski definition) is 2. The maximum Gasteiger partial charge on any atom is 0.307 e. The van der Waals surface area contributed by atoms with Gasteiger partial charge in [0.15, 0.2) is 0 Å². The number of nitro groups is 1. The largest absolute Gasteiger partial charge is 0.481 e. The molecule has 0 radical (unpaired) electrons. The van der Waals surface area contributed by atoms with Gasteiger partial charge >= 0.3 is 5.97 Å². The van der Waals surface area contributed by atoms with E-state index in [4.69, 9.17) is 10.8 Å². The fraction of sp³-hybridized carbons (Fsp3) is 0.100. The van der Waals surface area contributed by atoms with Crippen LogP contribution in [-0.2, 0) is 4.79 Å². The highest BCUT2D eigenvalue weighted by Crippen LogP contribution is 2.25. The Morgan fingerprint density at radius 2 is 2.24 bits per heavy atom. The van der Waals surface area contributed by atoms with Crippen molar-refractivity contribution in [2.75, 3.05) is 5.73 Å². The zero-order valence-electron chi connectivity index (χ0n) is 8.59. The van der Waals surface area contributed by atoms with E-state index in [0.29, 0.717) is 0 Å². The first-order chi connectivity index (χ1) is 7.91. The molecule has 3 N–H and O–H groups in total. The molecule has 0 aliphatic carbocycles. The molecule has 1 aromatic rings. The summed E-state index contributed by atoms with van der Waals surface area (Å²) in [6.07, 6.45) is 2.06. The maximum atomic E-state index is 13.3. The Morgan fingerprint density at radius 1 is 1.59 bits per heavy atom. The standard InChI is InChI=1S/C10H9FN2O4/c11-7-5-8(12)9(13(16)17)4-6(7)2-1-3-10(14)15/h1-2,4-5H,3,12H2,(H,14,15). The SMILES string of the molecule is Nc1cc(F)c(C=CCC(=O)O)cc1[N+](=O)[O-]. The lowest BCUT2D eigenvalue weighted by Gasteiger charge is -2.00. The zero-order valence-corrected chi connectivity index (χ0v) is 8.59. The fourth-order valence-corrected chi connectivity index (χ4v) is 1.17. The van der Waals surface area contributed by atoms with E-state index in [1.54, 1.807) is 0 Å². The number of halogens is 1. The number of rotatable bonds is 4. The van der Waals surface area contributed by atoms with Crippen LogP contribution in [-0.4, -0.2) is 16.0 Å². The quantitative estimate of drug-likeness (QED) is 0.474. The smallest absolute Gasteiger partial charge is 0.307 e. The number of nitrogen functional groups attached to an aromatic ring is 1. The number of anilines is 1. The van der Waals surface area contributed by atoms with E-state index in [0.717, 1.165) is 18.2 Å². The highest BCUT2D eigenvalue weighted by Gasteiger charge is 2.14. The van der Waals surface area contributed by atoms with E-state index in [-0.39, 0.29) is 17.7 Å². The van der Waals surface area contributed by atoms with Crippen molar-refractivity contribution in [3.8, 4) is 0 Å². The van der Waals surface area contributed by atoms with Gasteiger partial charge < -0.3 is 10.8 Å². The molecule has 0 bridgehead atoms. The van der Waals surface area contributed by atoms with Crippen molar-refractivity contribution in [1.29, 1.82) is 0 Å². The van der Waals surface area contributed by atoms with Crippen molar-refractivity contribution >= 4 is 23.4 Å². The lowest BCUT2D eigenvalue weighted by Crippen LogP contribution is -1.98. The van der Waals surface area contributed by atoms with Gasteiger partial charge in [-0.05, 0) is 0 Å². The molecule has 0 fully saturated rings. The summed E-state index contributed by atoms with van der Waals surface area (Å²) in [5.41, 5.74) is 4.50. The average Bonchev–Trinajstić information content (AvgIpc) is 2.20. The molecule has 0 unspecified atom stereocenters. The predicted octanol–water partition coefficient (Wildman–Crippen LogP) is 1.80. The van der Waals surface area contributed by atoms with Crippen molar-refractivity contribution in [2.24, 2.45) is 0 Å². The number of nitrogens with two attached hydrogens (primary N) is 1. The third-order valence-corrected chi connectivity index (χ3v) is 1.93. The van der Waals surface area contributed by atoms with Crippen molar-refractivity contribution < 1.29 is 19.2 Å². The Morgan fingerprint density at radius 3 is 2.76 bits per heavy atom. The Balaban J connectivity index is 3.07. The molecular formula is C10H9FN2O4. The lowest BCUT2D eigenvalue weighted by atomic mass is 10.1. The Bertz CT molecular complexity index is 499. The number of carboxylic acids is 1. The highest BCUT2D eigenvalue weighted by atomic mass is 19.1. The van der Waals surface area contributed by atoms with Crippen LogP contribution in [0.2, 0.25) is 0 Å². The second-order valence-corrected chi connectivity index (χ2v) is 3.19. The summed E-state index contributed by atoms with van der Waals surface area (Å²) in [4.78, 5) is 20.0. The first kappa shape index (κ1) is 12.6. The van der Waals surface area contributed by atoms with Crippen LogP contribution in [0.25, 0.3) is 6.08 Å². The molecule has 0 spiro atoms. The Hall–Kier alpha value is -2.44.